The van der Waals surface area contributed by atoms with E-state index in [-0.39, 0.29) is 118 Å². The van der Waals surface area contributed by atoms with Gasteiger partial charge in [0.25, 0.3) is 33.7 Å². The van der Waals surface area contributed by atoms with E-state index >= 15 is 0 Å². The van der Waals surface area contributed by atoms with E-state index in [1.54, 1.807) is 93.9 Å². The average molecular weight is 2070 g/mol. The summed E-state index contributed by atoms with van der Waals surface area (Å²) in [5.74, 6) is -1.24. The van der Waals surface area contributed by atoms with Crippen molar-refractivity contribution in [2.75, 3.05) is 49.5 Å². The van der Waals surface area contributed by atoms with Crippen LogP contribution in [0.4, 0.5) is 51.2 Å². The van der Waals surface area contributed by atoms with Crippen molar-refractivity contribution in [1.29, 1.82) is 0 Å². The number of amides is 1. The number of nitrogens with two attached hydrogens (primary N) is 4. The first kappa shape index (κ1) is 120. The molecule has 0 saturated carbocycles. The van der Waals surface area contributed by atoms with Crippen molar-refractivity contribution in [1.82, 2.24) is 27.8 Å². The van der Waals surface area contributed by atoms with Crippen molar-refractivity contribution in [2.45, 2.75) is 327 Å². The number of carboxylic acids is 1. The summed E-state index contributed by atoms with van der Waals surface area (Å²) in [5.41, 5.74) is 43.5. The smallest absolute Gasteiger partial charge is 0.478 e. The number of benzene rings is 7. The predicted octanol–water partition coefficient (Wildman–Crippen LogP) is 24.9. The fourth-order valence-corrected chi connectivity index (χ4v) is 17.9. The Morgan fingerprint density at radius 1 is 0.361 bits per heavy atom. The molecule has 1 saturated heterocycles. The molecular formula is C120H167BBrN15O10. The molecular weight excluding hydrogens is 1900 g/mol. The van der Waals surface area contributed by atoms with Crippen LogP contribution < -0.4 is 82.8 Å². The molecule has 1 aliphatic rings. The van der Waals surface area contributed by atoms with Crippen molar-refractivity contribution < 1.29 is 24.0 Å². The van der Waals surface area contributed by atoms with E-state index in [4.69, 9.17) is 42.3 Å². The lowest BCUT2D eigenvalue weighted by atomic mass is 9.69. The van der Waals surface area contributed by atoms with Gasteiger partial charge in [0.1, 0.15) is 29.1 Å². The number of anilines is 9. The molecule has 25 nitrogen and oxygen atoms in total. The van der Waals surface area contributed by atoms with Gasteiger partial charge in [-0.1, -0.05) is 212 Å². The van der Waals surface area contributed by atoms with Gasteiger partial charge < -0.3 is 82.2 Å². The van der Waals surface area contributed by atoms with Crippen LogP contribution in [0.25, 0.3) is 50.0 Å². The highest BCUT2D eigenvalue weighted by atomic mass is 79.9. The summed E-state index contributed by atoms with van der Waals surface area (Å²) in [6, 6.07) is 47.9. The standard InChI is InChI=1S/C32H40N4O2.C31H42N4O2.C20H29N3O.C16H26BNO2.C11H15NO2.C10H15BrN2O/c1-30(2,3)21-14-15-23-24(17-21)33-19-36(28(23)37)26-13-11-12-22(27(26)31(4,5)6)20-16-25(34-32(7,8)9)29(38)35(10)18-20;1-29(2,3)20-14-15-22(23(32)17-20)27(36)33-24-13-11-12-21(26(24)30(4,5)6)19-16-25(34-31(7,8)9)28(37)35(10)18-19;1-19(2,3)17-14(9-8-10-15(17)21)13-11-16(22-20(4,5)6)18(24)23(7)12-13;1-14(2,3)13-11(9-8-10-12(13)18)17-19-15(4,5)16(6,7)20-17;1-11(2,3)7-4-5-8(10(13)14)9(12)6-7;1-10(2,3)12-8-5-7(11)6-13(4)9(8)14/h11-19,34H,1-10H3;11-18,34H,32H2,1-10H3,(H,33,36);8-12,22H,21H2,1-7H3;8-10H,18H2,1-7H3;4-6H,12H2,1-3H3,(H,13,14);5-6,12H,1-4H3. The number of hydrogen-bond acceptors (Lipinski definition) is 18. The quantitative estimate of drug-likeness (QED) is 0.0401. The molecule has 792 valence electrons. The molecule has 0 spiro atoms. The molecule has 6 heterocycles. The number of fused-ring (bicyclic) bond motifs is 1. The summed E-state index contributed by atoms with van der Waals surface area (Å²) in [6.07, 6.45) is 8.96. The van der Waals surface area contributed by atoms with Gasteiger partial charge in [0, 0.05) is 125 Å². The third-order valence-corrected chi connectivity index (χ3v) is 25.4. The van der Waals surface area contributed by atoms with Crippen LogP contribution in [0, 0.1) is 0 Å². The van der Waals surface area contributed by atoms with Gasteiger partial charge >= 0.3 is 13.1 Å². The summed E-state index contributed by atoms with van der Waals surface area (Å²) < 4.78 is 21.3. The summed E-state index contributed by atoms with van der Waals surface area (Å²) >= 11 is 3.35. The van der Waals surface area contributed by atoms with E-state index in [0.717, 1.165) is 99.3 Å². The molecule has 0 aliphatic carbocycles. The van der Waals surface area contributed by atoms with Crippen LogP contribution >= 0.6 is 15.9 Å². The lowest BCUT2D eigenvalue weighted by Gasteiger charge is -2.32. The summed E-state index contributed by atoms with van der Waals surface area (Å²) in [4.78, 5) is 92.5. The zero-order valence-electron chi connectivity index (χ0n) is 95.4. The van der Waals surface area contributed by atoms with Gasteiger partial charge in [-0.25, -0.2) is 9.78 Å². The molecule has 1 fully saturated rings. The number of aromatic nitrogens is 6. The molecule has 0 unspecified atom stereocenters. The van der Waals surface area contributed by atoms with Gasteiger partial charge in [-0.2, -0.15) is 0 Å². The molecule has 5 aromatic heterocycles. The fourth-order valence-electron chi connectivity index (χ4n) is 17.4. The molecule has 0 bridgehead atoms. The van der Waals surface area contributed by atoms with Crippen molar-refractivity contribution in [3.8, 4) is 39.1 Å². The normalized spacial score (nSPS) is 13.5. The SMILES string of the molecule is CC(C)(C)c1c(N)cccc1B1OC(C)(C)C(C)(C)O1.CC(C)(C)c1ccc(C(=O)O)c(N)c1.Cn1cc(-c2cccc(-n3cnc4cc(C(C)(C)C)ccc4c3=O)c2C(C)(C)C)cc(NC(C)(C)C)c1=O.Cn1cc(-c2cccc(N)c2C(C)(C)C)cc(NC(C)(C)C)c1=O.Cn1cc(-c2cccc(NC(=O)c3ccc(C(C)(C)C)cc3N)c2C(C)(C)C)cc(NC(C)(C)C)c1=O.Cn1cc(Br)cc(NC(C)(C)C)c1=O. The molecule has 14 N–H and O–H groups in total. The highest BCUT2D eigenvalue weighted by molar-refractivity contribution is 9.10. The lowest BCUT2D eigenvalue weighted by molar-refractivity contribution is 0.00578. The maximum Gasteiger partial charge on any atom is 0.495 e. The zero-order valence-corrected chi connectivity index (χ0v) is 97.0. The molecule has 0 atom stereocenters. The minimum absolute atomic E-state index is 0.00878. The van der Waals surface area contributed by atoms with Gasteiger partial charge in [-0.15, -0.1) is 0 Å². The highest BCUT2D eigenvalue weighted by Crippen LogP contribution is 2.45. The second-order valence-corrected chi connectivity index (χ2v) is 51.9. The van der Waals surface area contributed by atoms with Crippen LogP contribution in [0.3, 0.4) is 0 Å². The number of hydrogen-bond donors (Lipinski definition) is 10. The van der Waals surface area contributed by atoms with Crippen molar-refractivity contribution in [3.63, 3.8) is 0 Å². The van der Waals surface area contributed by atoms with Crippen LogP contribution in [0.1, 0.15) is 316 Å². The van der Waals surface area contributed by atoms with Crippen LogP contribution in [-0.4, -0.2) is 85.3 Å². The number of aryl methyl sites for hydroxylation is 4. The number of nitrogens with zero attached hydrogens (tertiary/aromatic N) is 6. The molecule has 147 heavy (non-hydrogen) atoms. The third kappa shape index (κ3) is 31.0. The second kappa shape index (κ2) is 44.4. The van der Waals surface area contributed by atoms with Crippen LogP contribution in [-0.2, 0) is 75.4 Å². The maximum absolute atomic E-state index is 13.8. The number of carbonyl (C=O) groups is 2. The Labute approximate surface area is 882 Å². The monoisotopic (exact) mass is 2070 g/mol. The molecule has 1 aliphatic heterocycles. The van der Waals surface area contributed by atoms with E-state index in [2.05, 4.69) is 234 Å². The Hall–Kier alpha value is -12.7. The molecule has 27 heteroatoms. The topological polar surface area (TPSA) is 360 Å². The van der Waals surface area contributed by atoms with Crippen molar-refractivity contribution in [2.24, 2.45) is 28.2 Å². The first-order valence-electron chi connectivity index (χ1n) is 50.2. The van der Waals surface area contributed by atoms with Gasteiger partial charge in [0.15, 0.2) is 0 Å². The van der Waals surface area contributed by atoms with E-state index in [0.29, 0.717) is 56.3 Å². The molecule has 0 radical (unpaired) electrons. The number of nitrogens with one attached hydrogen (secondary N) is 5. The molecule has 1 amide bonds. The highest BCUT2D eigenvalue weighted by Gasteiger charge is 2.53. The van der Waals surface area contributed by atoms with Gasteiger partial charge in [0.05, 0.1) is 38.9 Å². The number of aromatic carboxylic acids is 1. The van der Waals surface area contributed by atoms with Crippen molar-refractivity contribution >= 4 is 102 Å². The summed E-state index contributed by atoms with van der Waals surface area (Å²) in [6.45, 7) is 77.3. The fraction of sp³-hybridized carbons (Fsp3) is 0.450. The number of carboxylic acid groups (broad SMARTS) is 1. The first-order valence-corrected chi connectivity index (χ1v) is 51.0. The Kier molecular flexibility index (Phi) is 36.1. The number of nitrogen functional groups attached to an aromatic ring is 4. The van der Waals surface area contributed by atoms with E-state index < -0.39 is 5.97 Å². The first-order chi connectivity index (χ1) is 66.8. The molecule has 12 aromatic rings. The third-order valence-electron chi connectivity index (χ3n) is 25.0. The number of carbonyl (C=O) groups excluding carboxylic acids is 1. The van der Waals surface area contributed by atoms with E-state index in [1.165, 1.54) is 0 Å². The summed E-state index contributed by atoms with van der Waals surface area (Å²) in [5, 5.41) is 25.6. The number of halogens is 1. The zero-order chi connectivity index (χ0) is 112. The van der Waals surface area contributed by atoms with Crippen LogP contribution in [0.2, 0.25) is 0 Å². The van der Waals surface area contributed by atoms with Gasteiger partial charge in [-0.05, 0) is 311 Å². The maximum atomic E-state index is 13.8. The van der Waals surface area contributed by atoms with E-state index in [1.807, 2.05) is 205 Å². The van der Waals surface area contributed by atoms with E-state index in [9.17, 15) is 33.6 Å². The minimum Gasteiger partial charge on any atom is -0.478 e. The number of rotatable bonds is 12. The lowest BCUT2D eigenvalue weighted by Crippen LogP contribution is -2.41. The Balaban J connectivity index is 0.000000224. The Morgan fingerprint density at radius 2 is 0.694 bits per heavy atom. The van der Waals surface area contributed by atoms with Crippen LogP contribution in [0.15, 0.2) is 211 Å². The Bertz CT molecular complexity index is 7140. The van der Waals surface area contributed by atoms with Crippen LogP contribution in [0.5, 0.6) is 0 Å². The van der Waals surface area contributed by atoms with Gasteiger partial charge in [-0.3, -0.25) is 33.3 Å². The summed E-state index contributed by atoms with van der Waals surface area (Å²) in [7, 11) is 6.68. The largest absolute Gasteiger partial charge is 0.495 e. The van der Waals surface area contributed by atoms with Gasteiger partial charge in [0.2, 0.25) is 0 Å². The predicted molar refractivity (Wildman–Crippen MR) is 624 cm³/mol. The molecule has 7 aromatic carbocycles. The average Bonchev–Trinajstić information content (AvgIpc) is 1.74. The minimum atomic E-state index is -0.983. The second-order valence-electron chi connectivity index (χ2n) is 51.0. The van der Waals surface area contributed by atoms with Crippen molar-refractivity contribution in [3.05, 3.63) is 289 Å². The Morgan fingerprint density at radius 3 is 1.07 bits per heavy atom. The molecule has 13 rings (SSSR count). The number of pyridine rings is 4.